The summed E-state index contributed by atoms with van der Waals surface area (Å²) >= 11 is 5.70. The molecule has 4 rings (SSSR count). The van der Waals surface area contributed by atoms with Gasteiger partial charge in [-0.05, 0) is 97.9 Å². The number of ether oxygens (including phenoxy) is 1. The molecule has 4 aliphatic carbocycles. The van der Waals surface area contributed by atoms with E-state index < -0.39 is 0 Å². The van der Waals surface area contributed by atoms with Crippen LogP contribution in [0.5, 0.6) is 0 Å². The normalized spacial score (nSPS) is 42.2. The highest BCUT2D eigenvalue weighted by molar-refractivity contribution is 7.81. The van der Waals surface area contributed by atoms with E-state index in [9.17, 15) is 0 Å². The van der Waals surface area contributed by atoms with Gasteiger partial charge in [-0.25, -0.2) is 0 Å². The van der Waals surface area contributed by atoms with Gasteiger partial charge in [0.25, 0.3) is 8.05 Å². The Labute approximate surface area is 223 Å². The van der Waals surface area contributed by atoms with E-state index in [1.165, 1.54) is 51.4 Å². The molecule has 35 heavy (non-hydrogen) atoms. The third kappa shape index (κ3) is 5.18. The van der Waals surface area contributed by atoms with Crippen LogP contribution in [-0.2, 0) is 9.39 Å². The summed E-state index contributed by atoms with van der Waals surface area (Å²) in [6.45, 7) is 15.3. The number of hydrogen-bond acceptors (Lipinski definition) is 3. The predicted molar refractivity (Wildman–Crippen MR) is 154 cm³/mol. The fraction of sp³-hybridized carbons (Fsp3) is 0.871. The molecule has 0 aromatic rings. The van der Waals surface area contributed by atoms with Crippen molar-refractivity contribution in [2.24, 2.45) is 40.4 Å². The average molecular weight is 501 g/mol. The molecule has 0 aliphatic heterocycles. The van der Waals surface area contributed by atoms with Crippen molar-refractivity contribution in [3.63, 3.8) is 0 Å². The Morgan fingerprint density at radius 1 is 1.11 bits per heavy atom. The SMILES string of the molecule is BOC/C(C)=C/OC1CCC2(C)C(=CCC3(S)C2CCC2(C)C([C@H](C)CCCC(C)C)CCC23)C1. The molecule has 0 spiro atoms. The first-order valence-corrected chi connectivity index (χ1v) is 15.2. The van der Waals surface area contributed by atoms with E-state index in [-0.39, 0.29) is 4.75 Å². The lowest BCUT2D eigenvalue weighted by Gasteiger charge is -2.63. The molecule has 3 saturated carbocycles. The van der Waals surface area contributed by atoms with Gasteiger partial charge in [0, 0.05) is 11.2 Å². The summed E-state index contributed by atoms with van der Waals surface area (Å²) in [6, 6.07) is 0. The van der Waals surface area contributed by atoms with Crippen molar-refractivity contribution in [3.8, 4) is 0 Å². The molecule has 0 saturated heterocycles. The van der Waals surface area contributed by atoms with Crippen molar-refractivity contribution in [2.45, 2.75) is 123 Å². The molecule has 198 valence electrons. The van der Waals surface area contributed by atoms with E-state index in [0.717, 1.165) is 48.5 Å². The zero-order valence-corrected chi connectivity index (χ0v) is 24.8. The van der Waals surface area contributed by atoms with Gasteiger partial charge in [-0.15, -0.1) is 0 Å². The highest BCUT2D eigenvalue weighted by Gasteiger charge is 2.64. The second kappa shape index (κ2) is 10.8. The fourth-order valence-electron chi connectivity index (χ4n) is 9.32. The number of allylic oxidation sites excluding steroid dienone is 1. The standard InChI is InChI=1S/C31H53BO2S/c1-21(2)8-7-9-23(4)26-10-11-27-30(26,6)16-14-28-29(5)15-13-25(33-19-22(3)20-34-32)18-24(29)12-17-31(27,28)35/h12,19,21,23,25-28,35H,7-11,13-18,20,32H2,1-6H3/b22-19+/t23-,25?,26?,27?,28?,29?,30?,31?/m1/s1. The predicted octanol–water partition coefficient (Wildman–Crippen LogP) is 7.93. The Bertz CT molecular complexity index is 808. The lowest BCUT2D eigenvalue weighted by atomic mass is 9.46. The Balaban J connectivity index is 1.47. The van der Waals surface area contributed by atoms with Crippen LogP contribution in [0.2, 0.25) is 0 Å². The Morgan fingerprint density at radius 2 is 1.89 bits per heavy atom. The van der Waals surface area contributed by atoms with Gasteiger partial charge in [0.2, 0.25) is 0 Å². The quantitative estimate of drug-likeness (QED) is 0.150. The second-order valence-corrected chi connectivity index (χ2v) is 14.7. The van der Waals surface area contributed by atoms with Crippen molar-refractivity contribution in [1.29, 1.82) is 0 Å². The molecule has 2 nitrogen and oxygen atoms in total. The molecule has 0 heterocycles. The Kier molecular flexibility index (Phi) is 8.54. The van der Waals surface area contributed by atoms with Crippen molar-refractivity contribution >= 4 is 20.7 Å². The van der Waals surface area contributed by atoms with Gasteiger partial charge in [0.15, 0.2) is 0 Å². The molecule has 0 radical (unpaired) electrons. The summed E-state index contributed by atoms with van der Waals surface area (Å²) in [5.74, 6) is 4.04. The monoisotopic (exact) mass is 500 g/mol. The third-order valence-corrected chi connectivity index (χ3v) is 12.0. The maximum atomic E-state index is 6.22. The van der Waals surface area contributed by atoms with Crippen LogP contribution in [0, 0.1) is 40.4 Å². The molecular formula is C31H53BO2S. The van der Waals surface area contributed by atoms with E-state index in [4.69, 9.17) is 22.0 Å². The van der Waals surface area contributed by atoms with Gasteiger partial charge < -0.3 is 9.39 Å². The molecular weight excluding hydrogens is 447 g/mol. The summed E-state index contributed by atoms with van der Waals surface area (Å²) < 4.78 is 11.6. The van der Waals surface area contributed by atoms with Crippen LogP contribution in [0.3, 0.4) is 0 Å². The number of hydrogen-bond donors (Lipinski definition) is 1. The number of fused-ring (bicyclic) bond motifs is 5. The van der Waals surface area contributed by atoms with E-state index in [2.05, 4.69) is 47.6 Å². The smallest absolute Gasteiger partial charge is 0.257 e. The van der Waals surface area contributed by atoms with Gasteiger partial charge >= 0.3 is 0 Å². The molecule has 8 atom stereocenters. The van der Waals surface area contributed by atoms with Crippen molar-refractivity contribution < 1.29 is 9.39 Å². The van der Waals surface area contributed by atoms with E-state index >= 15 is 0 Å². The molecule has 7 unspecified atom stereocenters. The minimum absolute atomic E-state index is 0.167. The number of rotatable bonds is 9. The van der Waals surface area contributed by atoms with Gasteiger partial charge in [-0.1, -0.05) is 65.5 Å². The zero-order chi connectivity index (χ0) is 25.4. The zero-order valence-electron chi connectivity index (χ0n) is 23.9. The van der Waals surface area contributed by atoms with E-state index in [1.807, 2.05) is 6.26 Å². The van der Waals surface area contributed by atoms with E-state index in [1.54, 1.807) is 13.6 Å². The van der Waals surface area contributed by atoms with Gasteiger partial charge in [0.05, 0.1) is 12.9 Å². The van der Waals surface area contributed by atoms with Crippen LogP contribution in [0.1, 0.15) is 112 Å². The van der Waals surface area contributed by atoms with Gasteiger partial charge in [-0.3, -0.25) is 0 Å². The highest BCUT2D eigenvalue weighted by atomic mass is 32.1. The van der Waals surface area contributed by atoms with Crippen LogP contribution in [0.15, 0.2) is 23.5 Å². The van der Waals surface area contributed by atoms with Crippen molar-refractivity contribution in [3.05, 3.63) is 23.5 Å². The van der Waals surface area contributed by atoms with Gasteiger partial charge in [-0.2, -0.15) is 12.6 Å². The topological polar surface area (TPSA) is 18.5 Å². The lowest BCUT2D eigenvalue weighted by molar-refractivity contribution is -0.0402. The first kappa shape index (κ1) is 27.7. The molecule has 0 bridgehead atoms. The fourth-order valence-corrected chi connectivity index (χ4v) is 10.3. The minimum Gasteiger partial charge on any atom is -0.498 e. The van der Waals surface area contributed by atoms with Crippen LogP contribution in [0.4, 0.5) is 0 Å². The summed E-state index contributed by atoms with van der Waals surface area (Å²) in [7, 11) is 1.75. The number of thiol groups is 1. The van der Waals surface area contributed by atoms with Crippen LogP contribution in [0.25, 0.3) is 0 Å². The molecule has 0 aromatic carbocycles. The summed E-state index contributed by atoms with van der Waals surface area (Å²) in [5, 5.41) is 0. The summed E-state index contributed by atoms with van der Waals surface area (Å²) in [6.07, 6.45) is 19.3. The molecule has 0 aromatic heterocycles. The molecule has 0 N–H and O–H groups in total. The summed E-state index contributed by atoms with van der Waals surface area (Å²) in [4.78, 5) is 0. The lowest BCUT2D eigenvalue weighted by Crippen LogP contribution is -2.59. The molecule has 4 aliphatic rings. The van der Waals surface area contributed by atoms with Gasteiger partial charge in [0.1, 0.15) is 6.10 Å². The Morgan fingerprint density at radius 3 is 2.60 bits per heavy atom. The molecule has 3 fully saturated rings. The summed E-state index contributed by atoms with van der Waals surface area (Å²) in [5.41, 5.74) is 3.60. The van der Waals surface area contributed by atoms with Crippen LogP contribution < -0.4 is 0 Å². The molecule has 4 heteroatoms. The Hall–Kier alpha value is -0.345. The average Bonchev–Trinajstić information content (AvgIpc) is 3.16. The van der Waals surface area contributed by atoms with Crippen LogP contribution in [-0.4, -0.2) is 25.5 Å². The third-order valence-electron chi connectivity index (χ3n) is 11.2. The first-order valence-electron chi connectivity index (χ1n) is 14.8. The maximum absolute atomic E-state index is 6.22. The van der Waals surface area contributed by atoms with Crippen molar-refractivity contribution in [2.75, 3.05) is 6.61 Å². The molecule has 0 amide bonds. The van der Waals surface area contributed by atoms with E-state index in [0.29, 0.717) is 29.5 Å². The van der Waals surface area contributed by atoms with Crippen molar-refractivity contribution in [1.82, 2.24) is 0 Å². The highest BCUT2D eigenvalue weighted by Crippen LogP contribution is 2.70. The largest absolute Gasteiger partial charge is 0.498 e. The second-order valence-electron chi connectivity index (χ2n) is 13.9. The minimum atomic E-state index is 0.167. The van der Waals surface area contributed by atoms with Crippen LogP contribution >= 0.6 is 12.6 Å². The maximum Gasteiger partial charge on any atom is 0.257 e. The first-order chi connectivity index (χ1) is 16.5.